The first kappa shape index (κ1) is 16.6. The molecule has 0 unspecified atom stereocenters. The molecule has 0 bridgehead atoms. The molecular formula is C14H22N4O4S. The zero-order valence-electron chi connectivity index (χ0n) is 13.2. The van der Waals surface area contributed by atoms with Crippen molar-refractivity contribution in [3.05, 3.63) is 18.5 Å². The van der Waals surface area contributed by atoms with Crippen LogP contribution in [0.4, 0.5) is 5.95 Å². The molecular weight excluding hydrogens is 320 g/mol. The maximum atomic E-state index is 12.2. The smallest absolute Gasteiger partial charge is 0.225 e. The second-order valence-electron chi connectivity index (χ2n) is 5.79. The van der Waals surface area contributed by atoms with E-state index < -0.39 is 15.6 Å². The van der Waals surface area contributed by atoms with Crippen molar-refractivity contribution < 1.29 is 17.9 Å². The van der Waals surface area contributed by atoms with E-state index in [9.17, 15) is 8.42 Å². The van der Waals surface area contributed by atoms with E-state index in [1.807, 2.05) is 4.90 Å². The lowest BCUT2D eigenvalue weighted by molar-refractivity contribution is -0.116. The standard InChI is InChI=1S/C14H22N4O4S/c1-2-23(19,20)18-7-9-22-14(11-18)10-17(6-8-21-12-14)13-15-4-3-5-16-13/h3-5H,2,6-12H2,1H3/t14-/m1/s1. The van der Waals surface area contributed by atoms with Crippen molar-refractivity contribution >= 4 is 16.0 Å². The third kappa shape index (κ3) is 3.63. The molecule has 0 radical (unpaired) electrons. The van der Waals surface area contributed by atoms with Gasteiger partial charge in [0.1, 0.15) is 5.60 Å². The molecule has 0 amide bonds. The highest BCUT2D eigenvalue weighted by Gasteiger charge is 2.43. The minimum Gasteiger partial charge on any atom is -0.376 e. The topological polar surface area (TPSA) is 84.9 Å². The van der Waals surface area contributed by atoms with Crippen LogP contribution in [0.5, 0.6) is 0 Å². The van der Waals surface area contributed by atoms with Gasteiger partial charge in [0, 0.05) is 32.0 Å². The molecule has 0 aromatic carbocycles. The molecule has 0 aliphatic carbocycles. The molecule has 2 aliphatic rings. The van der Waals surface area contributed by atoms with Crippen LogP contribution in [0.2, 0.25) is 0 Å². The predicted molar refractivity (Wildman–Crippen MR) is 84.8 cm³/mol. The molecule has 0 saturated carbocycles. The summed E-state index contributed by atoms with van der Waals surface area (Å²) in [4.78, 5) is 10.6. The van der Waals surface area contributed by atoms with Gasteiger partial charge in [-0.2, -0.15) is 4.31 Å². The largest absolute Gasteiger partial charge is 0.376 e. The van der Waals surface area contributed by atoms with Crippen molar-refractivity contribution in [3.8, 4) is 0 Å². The minimum absolute atomic E-state index is 0.0927. The van der Waals surface area contributed by atoms with Gasteiger partial charge >= 0.3 is 0 Å². The molecule has 1 aromatic rings. The quantitative estimate of drug-likeness (QED) is 0.748. The lowest BCUT2D eigenvalue weighted by Gasteiger charge is -2.42. The van der Waals surface area contributed by atoms with Crippen LogP contribution in [0.15, 0.2) is 18.5 Å². The first-order valence-corrected chi connectivity index (χ1v) is 9.37. The summed E-state index contributed by atoms with van der Waals surface area (Å²) in [6.07, 6.45) is 3.38. The molecule has 0 N–H and O–H groups in total. The zero-order chi connectivity index (χ0) is 16.3. The highest BCUT2D eigenvalue weighted by atomic mass is 32.2. The van der Waals surface area contributed by atoms with Crippen molar-refractivity contribution in [2.45, 2.75) is 12.5 Å². The van der Waals surface area contributed by atoms with Crippen molar-refractivity contribution in [1.82, 2.24) is 14.3 Å². The number of rotatable bonds is 3. The van der Waals surface area contributed by atoms with Gasteiger partial charge in [-0.15, -0.1) is 0 Å². The van der Waals surface area contributed by atoms with Gasteiger partial charge in [-0.25, -0.2) is 18.4 Å². The van der Waals surface area contributed by atoms with Gasteiger partial charge in [0.2, 0.25) is 16.0 Å². The lowest BCUT2D eigenvalue weighted by atomic mass is 10.0. The molecule has 3 rings (SSSR count). The first-order chi connectivity index (χ1) is 11.0. The van der Waals surface area contributed by atoms with Gasteiger partial charge in [-0.05, 0) is 13.0 Å². The molecule has 3 heterocycles. The van der Waals surface area contributed by atoms with Crippen molar-refractivity contribution in [2.75, 3.05) is 56.7 Å². The van der Waals surface area contributed by atoms with E-state index in [1.54, 1.807) is 25.4 Å². The Morgan fingerprint density at radius 3 is 2.74 bits per heavy atom. The van der Waals surface area contributed by atoms with Crippen molar-refractivity contribution in [3.63, 3.8) is 0 Å². The summed E-state index contributed by atoms with van der Waals surface area (Å²) < 4.78 is 37.6. The Hall–Kier alpha value is -1.29. The Kier molecular flexibility index (Phi) is 4.81. The summed E-state index contributed by atoms with van der Waals surface area (Å²) in [5.74, 6) is 0.701. The second kappa shape index (κ2) is 6.68. The molecule has 2 aliphatic heterocycles. The number of hydrogen-bond donors (Lipinski definition) is 0. The van der Waals surface area contributed by atoms with E-state index >= 15 is 0 Å². The van der Waals surface area contributed by atoms with E-state index in [0.717, 1.165) is 0 Å². The Morgan fingerprint density at radius 2 is 2.00 bits per heavy atom. The number of ether oxygens (including phenoxy) is 2. The van der Waals surface area contributed by atoms with Gasteiger partial charge < -0.3 is 14.4 Å². The number of anilines is 1. The highest BCUT2D eigenvalue weighted by molar-refractivity contribution is 7.89. The Balaban J connectivity index is 1.82. The molecule has 8 nitrogen and oxygen atoms in total. The Morgan fingerprint density at radius 1 is 1.22 bits per heavy atom. The number of morpholine rings is 1. The van der Waals surface area contributed by atoms with E-state index in [-0.39, 0.29) is 5.75 Å². The van der Waals surface area contributed by atoms with Crippen molar-refractivity contribution in [1.29, 1.82) is 0 Å². The first-order valence-electron chi connectivity index (χ1n) is 7.76. The molecule has 1 spiro atoms. The third-order valence-electron chi connectivity index (χ3n) is 4.16. The second-order valence-corrected chi connectivity index (χ2v) is 8.05. The molecule has 2 fully saturated rings. The monoisotopic (exact) mass is 342 g/mol. The van der Waals surface area contributed by atoms with Crippen LogP contribution in [0.25, 0.3) is 0 Å². The van der Waals surface area contributed by atoms with Crippen LogP contribution in [0.3, 0.4) is 0 Å². The van der Waals surface area contributed by atoms with Gasteiger partial charge in [0.15, 0.2) is 0 Å². The lowest BCUT2D eigenvalue weighted by Crippen LogP contribution is -2.60. The summed E-state index contributed by atoms with van der Waals surface area (Å²) in [5, 5.41) is 0. The number of aromatic nitrogens is 2. The van der Waals surface area contributed by atoms with Crippen LogP contribution in [0, 0.1) is 0 Å². The fraction of sp³-hybridized carbons (Fsp3) is 0.714. The van der Waals surface area contributed by atoms with Gasteiger partial charge in [0.05, 0.1) is 32.1 Å². The maximum Gasteiger partial charge on any atom is 0.225 e. The highest BCUT2D eigenvalue weighted by Crippen LogP contribution is 2.25. The van der Waals surface area contributed by atoms with Crippen LogP contribution in [0.1, 0.15) is 6.92 Å². The van der Waals surface area contributed by atoms with Gasteiger partial charge in [0.25, 0.3) is 0 Å². The number of hydrogen-bond acceptors (Lipinski definition) is 7. The Bertz CT molecular complexity index is 627. The summed E-state index contributed by atoms with van der Waals surface area (Å²) in [6, 6.07) is 1.76. The van der Waals surface area contributed by atoms with Crippen molar-refractivity contribution in [2.24, 2.45) is 0 Å². The van der Waals surface area contributed by atoms with Crippen LogP contribution in [-0.4, -0.2) is 80.0 Å². The summed E-state index contributed by atoms with van der Waals surface area (Å²) in [6.45, 7) is 4.77. The van der Waals surface area contributed by atoms with Crippen LogP contribution >= 0.6 is 0 Å². The summed E-state index contributed by atoms with van der Waals surface area (Å²) in [5.41, 5.74) is -0.684. The normalized spacial score (nSPS) is 27.1. The van der Waals surface area contributed by atoms with E-state index in [1.165, 1.54) is 4.31 Å². The predicted octanol–water partition coefficient (Wildman–Crippen LogP) is -0.266. The zero-order valence-corrected chi connectivity index (χ0v) is 14.0. The summed E-state index contributed by atoms with van der Waals surface area (Å²) >= 11 is 0. The Labute approximate surface area is 136 Å². The fourth-order valence-electron chi connectivity index (χ4n) is 2.94. The number of sulfonamides is 1. The van der Waals surface area contributed by atoms with E-state index in [2.05, 4.69) is 9.97 Å². The maximum absolute atomic E-state index is 12.2. The molecule has 23 heavy (non-hydrogen) atoms. The molecule has 128 valence electrons. The summed E-state index contributed by atoms with van der Waals surface area (Å²) in [7, 11) is -3.24. The molecule has 9 heteroatoms. The third-order valence-corrected chi connectivity index (χ3v) is 5.98. The SMILES string of the molecule is CCS(=O)(=O)N1CCO[C@@]2(COCCN(c3ncccn3)C2)C1. The van der Waals surface area contributed by atoms with Gasteiger partial charge in [-0.3, -0.25) is 0 Å². The molecule has 1 atom stereocenters. The minimum atomic E-state index is -3.24. The fourth-order valence-corrected chi connectivity index (χ4v) is 4.09. The van der Waals surface area contributed by atoms with Gasteiger partial charge in [-0.1, -0.05) is 0 Å². The molecule has 2 saturated heterocycles. The average molecular weight is 342 g/mol. The van der Waals surface area contributed by atoms with Crippen LogP contribution < -0.4 is 4.90 Å². The number of nitrogens with zero attached hydrogens (tertiary/aromatic N) is 4. The van der Waals surface area contributed by atoms with Crippen LogP contribution in [-0.2, 0) is 19.5 Å². The molecule has 1 aromatic heterocycles. The van der Waals surface area contributed by atoms with E-state index in [0.29, 0.717) is 51.9 Å². The average Bonchev–Trinajstić information content (AvgIpc) is 2.78. The van der Waals surface area contributed by atoms with E-state index in [4.69, 9.17) is 9.47 Å².